The van der Waals surface area contributed by atoms with Crippen LogP contribution in [-0.4, -0.2) is 38.6 Å². The largest absolute Gasteiger partial charge is 0.511 e. The molecule has 0 aromatic rings. The molecule has 0 bridgehead atoms. The van der Waals surface area contributed by atoms with Crippen LogP contribution in [0.25, 0.3) is 0 Å². The summed E-state index contributed by atoms with van der Waals surface area (Å²) in [5.74, 6) is -0.429. The van der Waals surface area contributed by atoms with Crippen LogP contribution in [0.5, 0.6) is 0 Å². The molecule has 1 atom stereocenters. The summed E-state index contributed by atoms with van der Waals surface area (Å²) in [5.41, 5.74) is 0. The van der Waals surface area contributed by atoms with Crippen molar-refractivity contribution in [2.45, 2.75) is 26.6 Å². The first-order chi connectivity index (χ1) is 7.10. The second-order valence-corrected chi connectivity index (χ2v) is 2.71. The molecule has 0 radical (unpaired) electrons. The van der Waals surface area contributed by atoms with Crippen molar-refractivity contribution in [2.24, 2.45) is 0 Å². The van der Waals surface area contributed by atoms with E-state index < -0.39 is 18.4 Å². The first kappa shape index (κ1) is 13.7. The van der Waals surface area contributed by atoms with Gasteiger partial charge in [-0.3, -0.25) is 4.79 Å². The Labute approximate surface area is 88.9 Å². The summed E-state index contributed by atoms with van der Waals surface area (Å²) in [5, 5.41) is 2.80. The van der Waals surface area contributed by atoms with Crippen LogP contribution in [-0.2, 0) is 19.0 Å². The molecule has 0 aliphatic rings. The second kappa shape index (κ2) is 8.05. The Morgan fingerprint density at radius 2 is 2.00 bits per heavy atom. The average Bonchev–Trinajstić information content (AvgIpc) is 2.14. The Kier molecular flexibility index (Phi) is 7.35. The summed E-state index contributed by atoms with van der Waals surface area (Å²) < 4.78 is 13.9. The van der Waals surface area contributed by atoms with Gasteiger partial charge in [-0.05, 0) is 14.0 Å². The predicted octanol–water partition coefficient (Wildman–Crippen LogP) is 0.658. The second-order valence-electron chi connectivity index (χ2n) is 2.71. The highest BCUT2D eigenvalue weighted by Crippen LogP contribution is 1.98. The molecule has 0 heterocycles. The minimum Gasteiger partial charge on any atom is -0.435 e. The lowest BCUT2D eigenvalue weighted by Crippen LogP contribution is -2.24. The Balaban J connectivity index is 3.67. The van der Waals surface area contributed by atoms with Crippen molar-refractivity contribution in [3.05, 3.63) is 0 Å². The molecule has 0 rings (SSSR count). The number of nitrogens with one attached hydrogen (secondary N) is 1. The molecule has 15 heavy (non-hydrogen) atoms. The Morgan fingerprint density at radius 3 is 2.53 bits per heavy atom. The van der Waals surface area contributed by atoms with Crippen molar-refractivity contribution >= 4 is 12.1 Å². The third-order valence-electron chi connectivity index (χ3n) is 1.40. The van der Waals surface area contributed by atoms with Gasteiger partial charge in [0.15, 0.2) is 0 Å². The van der Waals surface area contributed by atoms with E-state index >= 15 is 0 Å². The van der Waals surface area contributed by atoms with Gasteiger partial charge in [0.1, 0.15) is 0 Å². The molecular weight excluding hydrogens is 202 g/mol. The molecule has 0 spiro atoms. The van der Waals surface area contributed by atoms with E-state index in [2.05, 4.69) is 14.8 Å². The summed E-state index contributed by atoms with van der Waals surface area (Å²) in [4.78, 5) is 21.9. The molecular formula is C9H17NO5. The van der Waals surface area contributed by atoms with E-state index in [4.69, 9.17) is 4.74 Å². The zero-order chi connectivity index (χ0) is 11.7. The number of esters is 1. The normalized spacial score (nSPS) is 11.7. The molecule has 0 fully saturated rings. The van der Waals surface area contributed by atoms with Gasteiger partial charge in [-0.15, -0.1) is 0 Å². The molecule has 1 unspecified atom stereocenters. The van der Waals surface area contributed by atoms with Crippen LogP contribution in [0.15, 0.2) is 0 Å². The van der Waals surface area contributed by atoms with Crippen LogP contribution in [0, 0.1) is 0 Å². The minimum atomic E-state index is -0.923. The summed E-state index contributed by atoms with van der Waals surface area (Å²) in [6.07, 6.45) is -1.53. The van der Waals surface area contributed by atoms with Crippen LogP contribution in [0.1, 0.15) is 20.3 Å². The van der Waals surface area contributed by atoms with Crippen molar-refractivity contribution < 1.29 is 23.8 Å². The van der Waals surface area contributed by atoms with E-state index in [9.17, 15) is 9.59 Å². The van der Waals surface area contributed by atoms with E-state index in [0.717, 1.165) is 0 Å². The molecule has 0 amide bonds. The molecule has 6 nitrogen and oxygen atoms in total. The fourth-order valence-electron chi connectivity index (χ4n) is 0.783. The number of ether oxygens (including phenoxy) is 3. The minimum absolute atomic E-state index is 0.221. The van der Waals surface area contributed by atoms with E-state index in [0.29, 0.717) is 6.54 Å². The van der Waals surface area contributed by atoms with Crippen LogP contribution in [0.3, 0.4) is 0 Å². The third-order valence-corrected chi connectivity index (χ3v) is 1.40. The van der Waals surface area contributed by atoms with Crippen molar-refractivity contribution in [3.8, 4) is 0 Å². The van der Waals surface area contributed by atoms with Gasteiger partial charge >= 0.3 is 12.1 Å². The monoisotopic (exact) mass is 219 g/mol. The highest BCUT2D eigenvalue weighted by molar-refractivity contribution is 5.70. The van der Waals surface area contributed by atoms with Crippen molar-refractivity contribution in [2.75, 3.05) is 20.2 Å². The lowest BCUT2D eigenvalue weighted by molar-refractivity contribution is -0.167. The molecule has 0 aliphatic carbocycles. The number of carbonyl (C=O) groups excluding carboxylic acids is 2. The van der Waals surface area contributed by atoms with Gasteiger partial charge in [0.25, 0.3) is 0 Å². The van der Waals surface area contributed by atoms with Crippen LogP contribution >= 0.6 is 0 Å². The maximum atomic E-state index is 11.1. The zero-order valence-electron chi connectivity index (χ0n) is 9.24. The van der Waals surface area contributed by atoms with Gasteiger partial charge in [0, 0.05) is 13.5 Å². The van der Waals surface area contributed by atoms with E-state index in [-0.39, 0.29) is 13.0 Å². The van der Waals surface area contributed by atoms with Gasteiger partial charge in [-0.25, -0.2) is 4.79 Å². The molecule has 1 N–H and O–H groups in total. The molecule has 0 aromatic heterocycles. The fraction of sp³-hybridized carbons (Fsp3) is 0.778. The number of hydrogen-bond donors (Lipinski definition) is 1. The molecule has 0 saturated carbocycles. The molecule has 0 saturated heterocycles. The molecule has 0 aromatic carbocycles. The smallest absolute Gasteiger partial charge is 0.435 e. The highest BCUT2D eigenvalue weighted by atomic mass is 16.8. The summed E-state index contributed by atoms with van der Waals surface area (Å²) in [6, 6.07) is 0. The Morgan fingerprint density at radius 1 is 1.33 bits per heavy atom. The van der Waals surface area contributed by atoms with Crippen LogP contribution in [0.2, 0.25) is 0 Å². The van der Waals surface area contributed by atoms with E-state index in [1.54, 1.807) is 14.0 Å². The molecule has 6 heteroatoms. The Bertz CT molecular complexity index is 207. The average molecular weight is 219 g/mol. The Hall–Kier alpha value is -1.30. The standard InChI is InChI=1S/C9H17NO5/c1-4-13-9(12)15-7(2)14-8(11)5-6-10-3/h7,10H,4-6H2,1-3H3. The van der Waals surface area contributed by atoms with Gasteiger partial charge in [0.05, 0.1) is 13.0 Å². The first-order valence-corrected chi connectivity index (χ1v) is 4.77. The number of hydrogen-bond acceptors (Lipinski definition) is 6. The lowest BCUT2D eigenvalue weighted by Gasteiger charge is -2.13. The quantitative estimate of drug-likeness (QED) is 0.522. The zero-order valence-corrected chi connectivity index (χ0v) is 9.24. The maximum Gasteiger partial charge on any atom is 0.511 e. The SMILES string of the molecule is CCOC(=O)OC(C)OC(=O)CCNC. The number of rotatable bonds is 6. The lowest BCUT2D eigenvalue weighted by atomic mass is 10.4. The van der Waals surface area contributed by atoms with Gasteiger partial charge in [-0.1, -0.05) is 0 Å². The number of carbonyl (C=O) groups is 2. The van der Waals surface area contributed by atoms with Crippen LogP contribution in [0.4, 0.5) is 4.79 Å². The summed E-state index contributed by atoms with van der Waals surface area (Å²) in [7, 11) is 1.73. The molecule has 88 valence electrons. The van der Waals surface area contributed by atoms with Gasteiger partial charge in [-0.2, -0.15) is 0 Å². The van der Waals surface area contributed by atoms with Gasteiger partial charge < -0.3 is 19.5 Å². The van der Waals surface area contributed by atoms with E-state index in [1.165, 1.54) is 6.92 Å². The van der Waals surface area contributed by atoms with Crippen molar-refractivity contribution in [1.29, 1.82) is 0 Å². The fourth-order valence-corrected chi connectivity index (χ4v) is 0.783. The summed E-state index contributed by atoms with van der Waals surface area (Å²) >= 11 is 0. The third kappa shape index (κ3) is 7.75. The first-order valence-electron chi connectivity index (χ1n) is 4.77. The van der Waals surface area contributed by atoms with Crippen molar-refractivity contribution in [3.63, 3.8) is 0 Å². The van der Waals surface area contributed by atoms with Gasteiger partial charge in [0.2, 0.25) is 6.29 Å². The van der Waals surface area contributed by atoms with E-state index in [1.807, 2.05) is 0 Å². The highest BCUT2D eigenvalue weighted by Gasteiger charge is 2.13. The summed E-state index contributed by atoms with van der Waals surface area (Å²) in [6.45, 7) is 3.85. The van der Waals surface area contributed by atoms with Crippen molar-refractivity contribution in [1.82, 2.24) is 5.32 Å². The maximum absolute atomic E-state index is 11.1. The predicted molar refractivity (Wildman–Crippen MR) is 52.2 cm³/mol. The topological polar surface area (TPSA) is 73.9 Å². The molecule has 0 aliphatic heterocycles. The van der Waals surface area contributed by atoms with Crippen LogP contribution < -0.4 is 5.32 Å².